The Morgan fingerprint density at radius 3 is 2.62 bits per heavy atom. The lowest BCUT2D eigenvalue weighted by Gasteiger charge is -2.18. The van der Waals surface area contributed by atoms with Crippen LogP contribution in [0.3, 0.4) is 0 Å². The summed E-state index contributed by atoms with van der Waals surface area (Å²) in [5.41, 5.74) is 1.83. The minimum Gasteiger partial charge on any atom is -0.281 e. The van der Waals surface area contributed by atoms with E-state index < -0.39 is 10.0 Å². The van der Waals surface area contributed by atoms with Crippen LogP contribution < -0.4 is 4.72 Å². The molecule has 0 aliphatic rings. The molecule has 0 fully saturated rings. The lowest BCUT2D eigenvalue weighted by molar-refractivity contribution is 0.549. The fraction of sp³-hybridized carbons (Fsp3) is 0.357. The highest BCUT2D eigenvalue weighted by molar-refractivity contribution is 7.89. The van der Waals surface area contributed by atoms with Crippen molar-refractivity contribution in [2.45, 2.75) is 38.1 Å². The Morgan fingerprint density at radius 1 is 1.38 bits per heavy atom. The van der Waals surface area contributed by atoms with Gasteiger partial charge in [0.1, 0.15) is 4.90 Å². The van der Waals surface area contributed by atoms with Gasteiger partial charge in [0, 0.05) is 11.1 Å². The number of rotatable bonds is 5. The molecule has 1 atom stereocenters. The van der Waals surface area contributed by atoms with Crippen LogP contribution in [0.4, 0.5) is 0 Å². The Bertz CT molecular complexity index is 721. The molecule has 0 spiro atoms. The predicted octanol–water partition coefficient (Wildman–Crippen LogP) is 3.11. The van der Waals surface area contributed by atoms with Crippen LogP contribution in [0.25, 0.3) is 0 Å². The second-order valence-electron chi connectivity index (χ2n) is 4.90. The van der Waals surface area contributed by atoms with Crippen molar-refractivity contribution in [2.75, 3.05) is 0 Å². The molecule has 2 rings (SSSR count). The van der Waals surface area contributed by atoms with Crippen LogP contribution >= 0.6 is 11.6 Å². The number of H-pyrrole nitrogens is 1. The highest BCUT2D eigenvalue weighted by Crippen LogP contribution is 2.24. The van der Waals surface area contributed by atoms with Crippen molar-refractivity contribution in [1.29, 1.82) is 0 Å². The molecular formula is C14H18ClN3O2S. The molecule has 5 nitrogen and oxygen atoms in total. The molecule has 21 heavy (non-hydrogen) atoms. The van der Waals surface area contributed by atoms with E-state index in [0.717, 1.165) is 5.56 Å². The number of halogens is 1. The first-order valence-corrected chi connectivity index (χ1v) is 8.50. The van der Waals surface area contributed by atoms with Crippen molar-refractivity contribution in [2.24, 2.45) is 0 Å². The first-order valence-electron chi connectivity index (χ1n) is 6.64. The van der Waals surface area contributed by atoms with Gasteiger partial charge in [0.05, 0.1) is 11.4 Å². The molecule has 0 radical (unpaired) electrons. The van der Waals surface area contributed by atoms with Gasteiger partial charge in [-0.05, 0) is 38.0 Å². The maximum atomic E-state index is 12.6. The summed E-state index contributed by atoms with van der Waals surface area (Å²) in [7, 11) is -3.64. The van der Waals surface area contributed by atoms with E-state index in [1.54, 1.807) is 26.0 Å². The van der Waals surface area contributed by atoms with E-state index in [-0.39, 0.29) is 10.9 Å². The molecule has 0 aliphatic carbocycles. The Balaban J connectivity index is 2.34. The smallest absolute Gasteiger partial charge is 0.244 e. The van der Waals surface area contributed by atoms with E-state index in [1.807, 2.05) is 19.1 Å². The molecule has 114 valence electrons. The average Bonchev–Trinajstić information content (AvgIpc) is 2.76. The van der Waals surface area contributed by atoms with Crippen molar-refractivity contribution < 1.29 is 8.42 Å². The Kier molecular flexibility index (Phi) is 4.70. The summed E-state index contributed by atoms with van der Waals surface area (Å²) < 4.78 is 27.8. The number of aryl methyl sites for hydroxylation is 2. The van der Waals surface area contributed by atoms with Gasteiger partial charge in [0.15, 0.2) is 0 Å². The van der Waals surface area contributed by atoms with Crippen molar-refractivity contribution in [1.82, 2.24) is 14.9 Å². The summed E-state index contributed by atoms with van der Waals surface area (Å²) in [5.74, 6) is 0. The zero-order valence-electron chi connectivity index (χ0n) is 12.1. The molecular weight excluding hydrogens is 310 g/mol. The molecule has 1 heterocycles. The van der Waals surface area contributed by atoms with Crippen LogP contribution in [0.5, 0.6) is 0 Å². The van der Waals surface area contributed by atoms with Crippen LogP contribution in [0, 0.1) is 13.8 Å². The Hall–Kier alpha value is -1.37. The van der Waals surface area contributed by atoms with Crippen LogP contribution in [0.15, 0.2) is 29.2 Å². The molecule has 7 heteroatoms. The number of benzene rings is 1. The third-order valence-electron chi connectivity index (χ3n) is 3.29. The van der Waals surface area contributed by atoms with Crippen molar-refractivity contribution in [3.8, 4) is 0 Å². The van der Waals surface area contributed by atoms with E-state index in [9.17, 15) is 8.42 Å². The SMILES string of the molecule is CCC(NS(=O)(=O)c1c(C)n[nH]c1C)c1cccc(Cl)c1. The van der Waals surface area contributed by atoms with Crippen molar-refractivity contribution in [3.05, 3.63) is 46.2 Å². The summed E-state index contributed by atoms with van der Waals surface area (Å²) in [6.07, 6.45) is 0.621. The first kappa shape index (κ1) is 16.0. The second kappa shape index (κ2) is 6.17. The van der Waals surface area contributed by atoms with Crippen LogP contribution in [-0.4, -0.2) is 18.6 Å². The highest BCUT2D eigenvalue weighted by atomic mass is 35.5. The first-order chi connectivity index (χ1) is 9.85. The number of aromatic amines is 1. The minimum absolute atomic E-state index is 0.211. The van der Waals surface area contributed by atoms with E-state index in [1.165, 1.54) is 0 Å². The fourth-order valence-electron chi connectivity index (χ4n) is 2.29. The van der Waals surface area contributed by atoms with Crippen LogP contribution in [0.1, 0.15) is 36.3 Å². The van der Waals surface area contributed by atoms with E-state index in [2.05, 4.69) is 14.9 Å². The third kappa shape index (κ3) is 3.45. The fourth-order valence-corrected chi connectivity index (χ4v) is 4.17. The molecule has 0 saturated carbocycles. The summed E-state index contributed by atoms with van der Waals surface area (Å²) in [5, 5.41) is 7.21. The summed E-state index contributed by atoms with van der Waals surface area (Å²) in [6, 6.07) is 6.87. The van der Waals surface area contributed by atoms with E-state index in [4.69, 9.17) is 11.6 Å². The highest BCUT2D eigenvalue weighted by Gasteiger charge is 2.25. The standard InChI is InChI=1S/C14H18ClN3O2S/c1-4-13(11-6-5-7-12(15)8-11)18-21(19,20)14-9(2)16-17-10(14)3/h5-8,13,18H,4H2,1-3H3,(H,16,17). The zero-order chi connectivity index (χ0) is 15.6. The van der Waals surface area contributed by atoms with Crippen molar-refractivity contribution in [3.63, 3.8) is 0 Å². The van der Waals surface area contributed by atoms with Gasteiger partial charge < -0.3 is 0 Å². The molecule has 0 amide bonds. The lowest BCUT2D eigenvalue weighted by atomic mass is 10.1. The topological polar surface area (TPSA) is 74.8 Å². The van der Waals surface area contributed by atoms with Crippen LogP contribution in [0.2, 0.25) is 5.02 Å². The molecule has 1 aromatic heterocycles. The summed E-state index contributed by atoms with van der Waals surface area (Å²) >= 11 is 5.97. The maximum absolute atomic E-state index is 12.6. The number of sulfonamides is 1. The van der Waals surface area contributed by atoms with Gasteiger partial charge in [-0.3, -0.25) is 5.10 Å². The van der Waals surface area contributed by atoms with Crippen LogP contribution in [-0.2, 0) is 10.0 Å². The maximum Gasteiger partial charge on any atom is 0.244 e. The predicted molar refractivity (Wildman–Crippen MR) is 82.9 cm³/mol. The van der Waals surface area contributed by atoms with E-state index in [0.29, 0.717) is 22.8 Å². The number of aromatic nitrogens is 2. The second-order valence-corrected chi connectivity index (χ2v) is 6.99. The monoisotopic (exact) mass is 327 g/mol. The van der Waals surface area contributed by atoms with Gasteiger partial charge in [-0.25, -0.2) is 13.1 Å². The quantitative estimate of drug-likeness (QED) is 0.886. The molecule has 0 aliphatic heterocycles. The molecule has 2 N–H and O–H groups in total. The Morgan fingerprint density at radius 2 is 2.10 bits per heavy atom. The summed E-state index contributed by atoms with van der Waals surface area (Å²) in [4.78, 5) is 0.211. The number of hydrogen-bond acceptors (Lipinski definition) is 3. The van der Waals surface area contributed by atoms with E-state index >= 15 is 0 Å². The van der Waals surface area contributed by atoms with Gasteiger partial charge in [-0.15, -0.1) is 0 Å². The van der Waals surface area contributed by atoms with Gasteiger partial charge in [0.25, 0.3) is 0 Å². The van der Waals surface area contributed by atoms with Crippen molar-refractivity contribution >= 4 is 21.6 Å². The molecule has 1 unspecified atom stereocenters. The number of nitrogens with zero attached hydrogens (tertiary/aromatic N) is 1. The van der Waals surface area contributed by atoms with Gasteiger partial charge in [-0.2, -0.15) is 5.10 Å². The largest absolute Gasteiger partial charge is 0.281 e. The zero-order valence-corrected chi connectivity index (χ0v) is 13.7. The molecule has 0 bridgehead atoms. The molecule has 1 aromatic carbocycles. The van der Waals surface area contributed by atoms with Gasteiger partial charge >= 0.3 is 0 Å². The summed E-state index contributed by atoms with van der Waals surface area (Å²) in [6.45, 7) is 5.27. The van der Waals surface area contributed by atoms with Gasteiger partial charge in [0.2, 0.25) is 10.0 Å². The minimum atomic E-state index is -3.64. The number of nitrogens with one attached hydrogen (secondary N) is 2. The lowest BCUT2D eigenvalue weighted by Crippen LogP contribution is -2.29. The Labute approximate surface area is 129 Å². The molecule has 2 aromatic rings. The number of hydrogen-bond donors (Lipinski definition) is 2. The normalized spacial score (nSPS) is 13.3. The van der Waals surface area contributed by atoms with Gasteiger partial charge in [-0.1, -0.05) is 30.7 Å². The average molecular weight is 328 g/mol. The molecule has 0 saturated heterocycles. The third-order valence-corrected chi connectivity index (χ3v) is 5.25.